The van der Waals surface area contributed by atoms with Gasteiger partial charge in [0.25, 0.3) is 0 Å². The number of carbonyl (C=O) groups excluding carboxylic acids is 2. The van der Waals surface area contributed by atoms with Crippen LogP contribution in [0.3, 0.4) is 0 Å². The predicted octanol–water partition coefficient (Wildman–Crippen LogP) is 2.51. The lowest BCUT2D eigenvalue weighted by Crippen LogP contribution is -2.54. The van der Waals surface area contributed by atoms with Crippen LogP contribution in [-0.4, -0.2) is 34.0 Å². The summed E-state index contributed by atoms with van der Waals surface area (Å²) in [5, 5.41) is 0. The van der Waals surface area contributed by atoms with Gasteiger partial charge >= 0.3 is 6.09 Å². The van der Waals surface area contributed by atoms with Crippen molar-refractivity contribution in [1.29, 1.82) is 0 Å². The van der Waals surface area contributed by atoms with E-state index in [9.17, 15) is 9.59 Å². The van der Waals surface area contributed by atoms with Crippen molar-refractivity contribution in [2.75, 3.05) is 0 Å². The summed E-state index contributed by atoms with van der Waals surface area (Å²) in [5.41, 5.74) is -0.689. The molecular formula is C13H21NO3. The molecule has 1 spiro atoms. The summed E-state index contributed by atoms with van der Waals surface area (Å²) >= 11 is 0. The third-order valence-electron chi connectivity index (χ3n) is 3.42. The molecule has 2 fully saturated rings. The molecule has 4 nitrogen and oxygen atoms in total. The first-order chi connectivity index (χ1) is 7.73. The Hall–Kier alpha value is -1.06. The molecule has 0 aromatic rings. The molecule has 4 heteroatoms. The number of nitrogens with zero attached hydrogens (tertiary/aromatic N) is 1. The molecule has 96 valence electrons. The first-order valence-corrected chi connectivity index (χ1v) is 6.28. The van der Waals surface area contributed by atoms with Crippen molar-refractivity contribution < 1.29 is 14.3 Å². The molecule has 0 unspecified atom stereocenters. The van der Waals surface area contributed by atoms with E-state index in [1.165, 1.54) is 0 Å². The molecule has 17 heavy (non-hydrogen) atoms. The minimum absolute atomic E-state index is 0.0337. The smallest absolute Gasteiger partial charge is 0.411 e. The first-order valence-electron chi connectivity index (χ1n) is 6.28. The highest BCUT2D eigenvalue weighted by Crippen LogP contribution is 2.49. The molecule has 1 saturated carbocycles. The number of ether oxygens (including phenoxy) is 1. The van der Waals surface area contributed by atoms with Crippen LogP contribution in [0.1, 0.15) is 53.4 Å². The normalized spacial score (nSPS) is 27.2. The number of rotatable bonds is 0. The Labute approximate surface area is 102 Å². The average molecular weight is 239 g/mol. The van der Waals surface area contributed by atoms with Gasteiger partial charge in [-0.1, -0.05) is 0 Å². The van der Waals surface area contributed by atoms with Gasteiger partial charge in [-0.25, -0.2) is 4.79 Å². The Kier molecular flexibility index (Phi) is 2.71. The van der Waals surface area contributed by atoms with Crippen LogP contribution in [0.2, 0.25) is 0 Å². The van der Waals surface area contributed by atoms with Crippen molar-refractivity contribution >= 4 is 11.9 Å². The zero-order valence-electron chi connectivity index (χ0n) is 11.1. The highest BCUT2D eigenvalue weighted by Gasteiger charge is 2.56. The van der Waals surface area contributed by atoms with Crippen molar-refractivity contribution in [3.05, 3.63) is 0 Å². The molecule has 1 amide bonds. The fourth-order valence-electron chi connectivity index (χ4n) is 2.66. The van der Waals surface area contributed by atoms with E-state index < -0.39 is 5.60 Å². The van der Waals surface area contributed by atoms with Gasteiger partial charge in [0.1, 0.15) is 11.4 Å². The molecule has 0 aromatic heterocycles. The van der Waals surface area contributed by atoms with Gasteiger partial charge in [0, 0.05) is 18.9 Å². The number of likely N-dealkylation sites (tertiary alicyclic amines) is 1. The van der Waals surface area contributed by atoms with Crippen LogP contribution in [0.15, 0.2) is 0 Å². The molecular weight excluding hydrogens is 218 g/mol. The van der Waals surface area contributed by atoms with Gasteiger partial charge in [0.15, 0.2) is 0 Å². The Morgan fingerprint density at radius 2 is 2.00 bits per heavy atom. The zero-order valence-corrected chi connectivity index (χ0v) is 11.1. The van der Waals surface area contributed by atoms with E-state index in [1.807, 2.05) is 27.7 Å². The molecule has 1 saturated heterocycles. The van der Waals surface area contributed by atoms with E-state index in [0.29, 0.717) is 12.8 Å². The largest absolute Gasteiger partial charge is 0.444 e. The molecule has 1 aliphatic carbocycles. The molecule has 2 rings (SSSR count). The van der Waals surface area contributed by atoms with Crippen molar-refractivity contribution in [2.45, 2.75) is 70.6 Å². The van der Waals surface area contributed by atoms with Crippen molar-refractivity contribution in [3.8, 4) is 0 Å². The maximum absolute atomic E-state index is 12.2. The third-order valence-corrected chi connectivity index (χ3v) is 3.42. The number of hydrogen-bond donors (Lipinski definition) is 0. The molecule has 1 heterocycles. The number of carbonyl (C=O) groups is 2. The van der Waals surface area contributed by atoms with E-state index >= 15 is 0 Å². The summed E-state index contributed by atoms with van der Waals surface area (Å²) < 4.78 is 5.43. The third kappa shape index (κ3) is 2.45. The summed E-state index contributed by atoms with van der Waals surface area (Å²) in [4.78, 5) is 25.6. The van der Waals surface area contributed by atoms with Crippen LogP contribution in [0.4, 0.5) is 4.79 Å². The van der Waals surface area contributed by atoms with Crippen molar-refractivity contribution in [1.82, 2.24) is 4.90 Å². The highest BCUT2D eigenvalue weighted by molar-refractivity contribution is 5.84. The van der Waals surface area contributed by atoms with Crippen molar-refractivity contribution in [2.24, 2.45) is 0 Å². The Bertz CT molecular complexity index is 352. The maximum atomic E-state index is 12.2. The van der Waals surface area contributed by atoms with E-state index in [-0.39, 0.29) is 23.5 Å². The molecule has 0 aromatic carbocycles. The van der Waals surface area contributed by atoms with Gasteiger partial charge in [-0.15, -0.1) is 0 Å². The standard InChI is InChI=1S/C13H21NO3/c1-9-7-10(15)8-13(5-6-13)14(9)11(16)17-12(2,3)4/h9H,5-8H2,1-4H3/t9-/m0/s1. The summed E-state index contributed by atoms with van der Waals surface area (Å²) in [6.45, 7) is 7.53. The molecule has 0 radical (unpaired) electrons. The number of Topliss-reactive ketones (excluding diaryl/α,β-unsaturated/α-hetero) is 1. The Balaban J connectivity index is 2.13. The fraction of sp³-hybridized carbons (Fsp3) is 0.846. The number of ketones is 1. The summed E-state index contributed by atoms with van der Waals surface area (Å²) in [5.74, 6) is 0.273. The molecule has 1 atom stereocenters. The summed E-state index contributed by atoms with van der Waals surface area (Å²) in [6, 6.07) is -0.0337. The van der Waals surface area contributed by atoms with Crippen LogP contribution in [-0.2, 0) is 9.53 Å². The monoisotopic (exact) mass is 239 g/mol. The van der Waals surface area contributed by atoms with Gasteiger partial charge in [-0.05, 0) is 40.5 Å². The van der Waals surface area contributed by atoms with Crippen LogP contribution in [0, 0.1) is 0 Å². The van der Waals surface area contributed by atoms with Crippen LogP contribution in [0.5, 0.6) is 0 Å². The zero-order chi connectivity index (χ0) is 12.8. The fourth-order valence-corrected chi connectivity index (χ4v) is 2.66. The molecule has 0 N–H and O–H groups in total. The van der Waals surface area contributed by atoms with Crippen LogP contribution < -0.4 is 0 Å². The van der Waals surface area contributed by atoms with Gasteiger partial charge in [0.05, 0.1) is 5.54 Å². The second-order valence-corrected chi connectivity index (χ2v) is 6.34. The van der Waals surface area contributed by atoms with Crippen molar-refractivity contribution in [3.63, 3.8) is 0 Å². The Morgan fingerprint density at radius 3 is 2.47 bits per heavy atom. The number of hydrogen-bond acceptors (Lipinski definition) is 3. The van der Waals surface area contributed by atoms with Crippen LogP contribution >= 0.6 is 0 Å². The SMILES string of the molecule is C[C@H]1CC(=O)CC2(CC2)N1C(=O)OC(C)(C)C. The van der Waals surface area contributed by atoms with E-state index in [2.05, 4.69) is 0 Å². The minimum atomic E-state index is -0.478. The lowest BCUT2D eigenvalue weighted by molar-refractivity contribution is -0.125. The maximum Gasteiger partial charge on any atom is 0.411 e. The molecule has 1 aliphatic heterocycles. The second-order valence-electron chi connectivity index (χ2n) is 6.34. The highest BCUT2D eigenvalue weighted by atomic mass is 16.6. The molecule has 0 bridgehead atoms. The molecule has 2 aliphatic rings. The Morgan fingerprint density at radius 1 is 1.41 bits per heavy atom. The van der Waals surface area contributed by atoms with E-state index in [4.69, 9.17) is 4.74 Å². The van der Waals surface area contributed by atoms with Gasteiger partial charge in [-0.2, -0.15) is 0 Å². The second kappa shape index (κ2) is 3.72. The van der Waals surface area contributed by atoms with Crippen LogP contribution in [0.25, 0.3) is 0 Å². The lowest BCUT2D eigenvalue weighted by Gasteiger charge is -2.41. The minimum Gasteiger partial charge on any atom is -0.444 e. The average Bonchev–Trinajstić information content (AvgIpc) is 2.79. The first kappa shape index (κ1) is 12.4. The van der Waals surface area contributed by atoms with Gasteiger partial charge in [0.2, 0.25) is 0 Å². The topological polar surface area (TPSA) is 46.6 Å². The van der Waals surface area contributed by atoms with Gasteiger partial charge in [-0.3, -0.25) is 9.69 Å². The number of amides is 1. The quantitative estimate of drug-likeness (QED) is 0.652. The van der Waals surface area contributed by atoms with E-state index in [0.717, 1.165) is 12.8 Å². The number of piperidine rings is 1. The summed E-state index contributed by atoms with van der Waals surface area (Å²) in [7, 11) is 0. The lowest BCUT2D eigenvalue weighted by atomic mass is 9.94. The van der Waals surface area contributed by atoms with E-state index in [1.54, 1.807) is 4.90 Å². The predicted molar refractivity (Wildman–Crippen MR) is 63.7 cm³/mol. The van der Waals surface area contributed by atoms with Gasteiger partial charge < -0.3 is 4.74 Å². The summed E-state index contributed by atoms with van der Waals surface area (Å²) in [6.07, 6.45) is 2.57.